The first kappa shape index (κ1) is 18.9. The van der Waals surface area contributed by atoms with Crippen molar-refractivity contribution in [1.29, 1.82) is 0 Å². The molecule has 2 aromatic rings. The summed E-state index contributed by atoms with van der Waals surface area (Å²) in [6.45, 7) is 1.55. The Hall–Kier alpha value is -1.83. The number of carbonyl (C=O) groups excluding carboxylic acids is 1. The van der Waals surface area contributed by atoms with Gasteiger partial charge in [-0.1, -0.05) is 23.2 Å². The normalized spacial score (nSPS) is 14.2. The van der Waals surface area contributed by atoms with Crippen LogP contribution in [0, 0.1) is 0 Å². The summed E-state index contributed by atoms with van der Waals surface area (Å²) < 4.78 is 1.57. The van der Waals surface area contributed by atoms with E-state index in [0.29, 0.717) is 32.2 Å². The van der Waals surface area contributed by atoms with Crippen molar-refractivity contribution in [3.63, 3.8) is 0 Å². The number of amides is 1. The number of rotatable bonds is 3. The van der Waals surface area contributed by atoms with E-state index >= 15 is 0 Å². The number of piperidine rings is 1. The minimum Gasteiger partial charge on any atom is -0.337 e. The average Bonchev–Trinajstić information content (AvgIpc) is 2.98. The lowest BCUT2D eigenvalue weighted by Gasteiger charge is -2.27. The molecule has 1 amide bonds. The van der Waals surface area contributed by atoms with Crippen molar-refractivity contribution in [3.05, 3.63) is 40.1 Å². The van der Waals surface area contributed by atoms with E-state index < -0.39 is 0 Å². The predicted octanol–water partition coefficient (Wildman–Crippen LogP) is 4.16. The second-order valence-corrected chi connectivity index (χ2v) is 7.31. The molecule has 1 aliphatic heterocycles. The molecule has 0 spiro atoms. The zero-order valence-electron chi connectivity index (χ0n) is 14.3. The first-order chi connectivity index (χ1) is 12.5. The summed E-state index contributed by atoms with van der Waals surface area (Å²) in [7, 11) is 1.75. The van der Waals surface area contributed by atoms with Crippen molar-refractivity contribution in [2.24, 2.45) is 7.05 Å². The van der Waals surface area contributed by atoms with Crippen LogP contribution >= 0.6 is 35.4 Å². The molecule has 1 aromatic carbocycles. The molecule has 6 nitrogen and oxygen atoms in total. The number of hydrogen-bond donors (Lipinski definition) is 2. The second kappa shape index (κ2) is 8.24. The fraction of sp³-hybridized carbons (Fsp3) is 0.353. The topological polar surface area (TPSA) is 62.2 Å². The van der Waals surface area contributed by atoms with Gasteiger partial charge in [0.1, 0.15) is 5.69 Å². The van der Waals surface area contributed by atoms with Gasteiger partial charge in [-0.2, -0.15) is 5.10 Å². The highest BCUT2D eigenvalue weighted by atomic mass is 35.5. The molecular formula is C17H19Cl2N5OS. The van der Waals surface area contributed by atoms with Crippen LogP contribution in [0.25, 0.3) is 0 Å². The molecule has 0 unspecified atom stereocenters. The third kappa shape index (κ3) is 4.28. The average molecular weight is 412 g/mol. The van der Waals surface area contributed by atoms with Crippen LogP contribution in [0.1, 0.15) is 29.8 Å². The van der Waals surface area contributed by atoms with Crippen molar-refractivity contribution < 1.29 is 4.79 Å². The molecule has 1 aliphatic rings. The van der Waals surface area contributed by atoms with Gasteiger partial charge in [0.15, 0.2) is 5.11 Å². The van der Waals surface area contributed by atoms with Gasteiger partial charge in [-0.3, -0.25) is 9.48 Å². The van der Waals surface area contributed by atoms with Crippen LogP contribution in [-0.4, -0.2) is 38.8 Å². The number of nitrogens with one attached hydrogen (secondary N) is 2. The monoisotopic (exact) mass is 411 g/mol. The van der Waals surface area contributed by atoms with Crippen molar-refractivity contribution in [2.45, 2.75) is 19.3 Å². The first-order valence-electron chi connectivity index (χ1n) is 8.30. The molecule has 0 radical (unpaired) electrons. The van der Waals surface area contributed by atoms with E-state index in [1.54, 1.807) is 36.1 Å². The summed E-state index contributed by atoms with van der Waals surface area (Å²) in [5.74, 6) is -0.0375. The van der Waals surface area contributed by atoms with Crippen LogP contribution in [0.5, 0.6) is 0 Å². The zero-order chi connectivity index (χ0) is 18.7. The van der Waals surface area contributed by atoms with Gasteiger partial charge in [0.25, 0.3) is 5.91 Å². The molecule has 3 rings (SSSR count). The van der Waals surface area contributed by atoms with E-state index in [4.69, 9.17) is 35.4 Å². The largest absolute Gasteiger partial charge is 0.337 e. The quantitative estimate of drug-likeness (QED) is 0.742. The van der Waals surface area contributed by atoms with Gasteiger partial charge >= 0.3 is 0 Å². The maximum Gasteiger partial charge on any atom is 0.274 e. The molecule has 0 aliphatic carbocycles. The van der Waals surface area contributed by atoms with Crippen molar-refractivity contribution in [3.8, 4) is 0 Å². The van der Waals surface area contributed by atoms with Crippen LogP contribution in [0.2, 0.25) is 10.0 Å². The summed E-state index contributed by atoms with van der Waals surface area (Å²) in [6.07, 6.45) is 4.82. The fourth-order valence-electron chi connectivity index (χ4n) is 2.89. The Morgan fingerprint density at radius 2 is 1.88 bits per heavy atom. The lowest BCUT2D eigenvalue weighted by Crippen LogP contribution is -2.37. The number of halogens is 2. The molecule has 26 heavy (non-hydrogen) atoms. The third-order valence-electron chi connectivity index (χ3n) is 4.21. The van der Waals surface area contributed by atoms with E-state index in [1.807, 2.05) is 4.90 Å². The maximum atomic E-state index is 12.9. The van der Waals surface area contributed by atoms with Crippen LogP contribution in [0.4, 0.5) is 11.4 Å². The lowest BCUT2D eigenvalue weighted by molar-refractivity contribution is 0.0714. The Bertz CT molecular complexity index is 833. The molecule has 2 heterocycles. The molecule has 1 fully saturated rings. The number of hydrogen-bond acceptors (Lipinski definition) is 3. The first-order valence-corrected chi connectivity index (χ1v) is 9.46. The summed E-state index contributed by atoms with van der Waals surface area (Å²) in [5, 5.41) is 11.5. The van der Waals surface area contributed by atoms with Gasteiger partial charge in [0, 0.05) is 25.8 Å². The molecule has 0 saturated carbocycles. The Morgan fingerprint density at radius 3 is 2.58 bits per heavy atom. The van der Waals surface area contributed by atoms with Gasteiger partial charge in [0.2, 0.25) is 0 Å². The second-order valence-electron chi connectivity index (χ2n) is 6.09. The summed E-state index contributed by atoms with van der Waals surface area (Å²) in [6, 6.07) is 5.14. The molecule has 9 heteroatoms. The number of thiocarbonyl (C=S) groups is 1. The van der Waals surface area contributed by atoms with E-state index in [9.17, 15) is 4.79 Å². The minimum absolute atomic E-state index is 0.0375. The molecule has 138 valence electrons. The van der Waals surface area contributed by atoms with Crippen LogP contribution < -0.4 is 10.6 Å². The number of aryl methyl sites for hydroxylation is 1. The predicted molar refractivity (Wildman–Crippen MR) is 109 cm³/mol. The number of benzene rings is 1. The maximum absolute atomic E-state index is 12.9. The highest BCUT2D eigenvalue weighted by Crippen LogP contribution is 2.25. The number of carbonyl (C=O) groups is 1. The van der Waals surface area contributed by atoms with Gasteiger partial charge < -0.3 is 15.5 Å². The SMILES string of the molecule is Cn1ncc(NC(=S)Nc2ccc(Cl)c(Cl)c2)c1C(=O)N1CCCCC1. The third-order valence-corrected chi connectivity index (χ3v) is 5.15. The summed E-state index contributed by atoms with van der Waals surface area (Å²) in [5.41, 5.74) is 1.76. The summed E-state index contributed by atoms with van der Waals surface area (Å²) in [4.78, 5) is 14.7. The molecule has 0 bridgehead atoms. The summed E-state index contributed by atoms with van der Waals surface area (Å²) >= 11 is 17.3. The van der Waals surface area contributed by atoms with Crippen LogP contribution in [0.3, 0.4) is 0 Å². The lowest BCUT2D eigenvalue weighted by atomic mass is 10.1. The number of nitrogens with zero attached hydrogens (tertiary/aromatic N) is 3. The van der Waals surface area contributed by atoms with E-state index in [0.717, 1.165) is 32.4 Å². The highest BCUT2D eigenvalue weighted by molar-refractivity contribution is 7.80. The zero-order valence-corrected chi connectivity index (χ0v) is 16.6. The Labute approximate surface area is 167 Å². The molecule has 0 atom stereocenters. The standard InChI is InChI=1S/C17H19Cl2N5OS/c1-23-15(16(25)24-7-3-2-4-8-24)14(10-20-23)22-17(26)21-11-5-6-12(18)13(19)9-11/h5-6,9-10H,2-4,7-8H2,1H3,(H2,21,22,26). The molecule has 2 N–H and O–H groups in total. The number of likely N-dealkylation sites (tertiary alicyclic amines) is 1. The van der Waals surface area contributed by atoms with E-state index in [1.165, 1.54) is 0 Å². The fourth-order valence-corrected chi connectivity index (χ4v) is 3.41. The minimum atomic E-state index is -0.0375. The van der Waals surface area contributed by atoms with Crippen molar-refractivity contribution in [2.75, 3.05) is 23.7 Å². The molecule has 1 aromatic heterocycles. The smallest absolute Gasteiger partial charge is 0.274 e. The van der Waals surface area contributed by atoms with E-state index in [2.05, 4.69) is 15.7 Å². The molecular weight excluding hydrogens is 393 g/mol. The highest BCUT2D eigenvalue weighted by Gasteiger charge is 2.24. The Morgan fingerprint density at radius 1 is 1.15 bits per heavy atom. The molecule has 1 saturated heterocycles. The number of anilines is 2. The van der Waals surface area contributed by atoms with E-state index in [-0.39, 0.29) is 5.91 Å². The Balaban J connectivity index is 1.72. The van der Waals surface area contributed by atoms with Gasteiger partial charge in [0.05, 0.1) is 21.9 Å². The number of aromatic nitrogens is 2. The van der Waals surface area contributed by atoms with Gasteiger partial charge in [-0.15, -0.1) is 0 Å². The van der Waals surface area contributed by atoms with Crippen molar-refractivity contribution >= 4 is 57.8 Å². The van der Waals surface area contributed by atoms with Crippen LogP contribution in [0.15, 0.2) is 24.4 Å². The van der Waals surface area contributed by atoms with Gasteiger partial charge in [-0.25, -0.2) is 0 Å². The van der Waals surface area contributed by atoms with Crippen LogP contribution in [-0.2, 0) is 7.05 Å². The Kier molecular flexibility index (Phi) is 6.01. The van der Waals surface area contributed by atoms with Gasteiger partial charge in [-0.05, 0) is 49.7 Å². The van der Waals surface area contributed by atoms with Crippen molar-refractivity contribution in [1.82, 2.24) is 14.7 Å².